The maximum atomic E-state index is 5.41. The normalized spacial score (nSPS) is 14.3. The standard InChI is InChI=1S/C15H18N2O3/c1-18-12-5-6-13(14(8-12)19-2)15-7-11(17-20-15)9-16-10-3-4-10/h5-8,10,16H,3-4,9H2,1-2H3. The molecule has 0 aliphatic heterocycles. The number of ether oxygens (including phenoxy) is 2. The molecule has 0 saturated heterocycles. The third kappa shape index (κ3) is 2.77. The van der Waals surface area contributed by atoms with Crippen molar-refractivity contribution in [3.05, 3.63) is 30.0 Å². The monoisotopic (exact) mass is 274 g/mol. The summed E-state index contributed by atoms with van der Waals surface area (Å²) in [5.41, 5.74) is 1.78. The minimum atomic E-state index is 0.658. The lowest BCUT2D eigenvalue weighted by Crippen LogP contribution is -2.15. The van der Waals surface area contributed by atoms with Gasteiger partial charge in [-0.1, -0.05) is 5.16 Å². The van der Waals surface area contributed by atoms with Crippen LogP contribution in [0.2, 0.25) is 0 Å². The van der Waals surface area contributed by atoms with E-state index in [9.17, 15) is 0 Å². The number of aromatic nitrogens is 1. The second-order valence-electron chi connectivity index (χ2n) is 4.90. The van der Waals surface area contributed by atoms with Crippen LogP contribution in [0.1, 0.15) is 18.5 Å². The van der Waals surface area contributed by atoms with E-state index in [0.717, 1.165) is 23.6 Å². The van der Waals surface area contributed by atoms with Crippen LogP contribution in [0.4, 0.5) is 0 Å². The van der Waals surface area contributed by atoms with Crippen LogP contribution in [-0.4, -0.2) is 25.4 Å². The van der Waals surface area contributed by atoms with Crippen LogP contribution in [0.25, 0.3) is 11.3 Å². The number of hydrogen-bond acceptors (Lipinski definition) is 5. The Hall–Kier alpha value is -2.01. The second kappa shape index (κ2) is 5.54. The van der Waals surface area contributed by atoms with E-state index in [1.54, 1.807) is 14.2 Å². The fourth-order valence-corrected chi connectivity index (χ4v) is 2.06. The molecule has 0 unspecified atom stereocenters. The highest BCUT2D eigenvalue weighted by Gasteiger charge is 2.21. The lowest BCUT2D eigenvalue weighted by molar-refractivity contribution is 0.390. The van der Waals surface area contributed by atoms with Gasteiger partial charge in [0.15, 0.2) is 5.76 Å². The Morgan fingerprint density at radius 1 is 1.25 bits per heavy atom. The van der Waals surface area contributed by atoms with Gasteiger partial charge in [-0.25, -0.2) is 0 Å². The van der Waals surface area contributed by atoms with Crippen LogP contribution < -0.4 is 14.8 Å². The van der Waals surface area contributed by atoms with Gasteiger partial charge in [0.1, 0.15) is 11.5 Å². The molecule has 1 N–H and O–H groups in total. The van der Waals surface area contributed by atoms with Crippen LogP contribution in [0.3, 0.4) is 0 Å². The van der Waals surface area contributed by atoms with Crippen molar-refractivity contribution in [2.45, 2.75) is 25.4 Å². The third-order valence-electron chi connectivity index (χ3n) is 3.38. The first-order chi connectivity index (χ1) is 9.80. The molecule has 1 aromatic carbocycles. The molecule has 20 heavy (non-hydrogen) atoms. The predicted octanol–water partition coefficient (Wildman–Crippen LogP) is 2.61. The topological polar surface area (TPSA) is 56.5 Å². The molecule has 1 fully saturated rings. The lowest BCUT2D eigenvalue weighted by Gasteiger charge is -2.07. The van der Waals surface area contributed by atoms with Crippen molar-refractivity contribution >= 4 is 0 Å². The Bertz CT molecular complexity index is 591. The van der Waals surface area contributed by atoms with Crippen molar-refractivity contribution in [2.24, 2.45) is 0 Å². The Labute approximate surface area is 117 Å². The molecule has 1 heterocycles. The maximum Gasteiger partial charge on any atom is 0.170 e. The molecule has 0 spiro atoms. The largest absolute Gasteiger partial charge is 0.497 e. The van der Waals surface area contributed by atoms with E-state index in [1.165, 1.54) is 12.8 Å². The molecule has 0 atom stereocenters. The average molecular weight is 274 g/mol. The van der Waals surface area contributed by atoms with E-state index in [0.29, 0.717) is 17.6 Å². The summed E-state index contributed by atoms with van der Waals surface area (Å²) in [5.74, 6) is 2.17. The Morgan fingerprint density at radius 2 is 2.10 bits per heavy atom. The van der Waals surface area contributed by atoms with Gasteiger partial charge in [0.2, 0.25) is 0 Å². The summed E-state index contributed by atoms with van der Waals surface area (Å²) < 4.78 is 16.0. The van der Waals surface area contributed by atoms with Crippen molar-refractivity contribution in [3.63, 3.8) is 0 Å². The number of nitrogens with one attached hydrogen (secondary N) is 1. The highest BCUT2D eigenvalue weighted by atomic mass is 16.5. The van der Waals surface area contributed by atoms with Crippen LogP contribution in [0.15, 0.2) is 28.8 Å². The minimum Gasteiger partial charge on any atom is -0.497 e. The van der Waals surface area contributed by atoms with Crippen LogP contribution in [0.5, 0.6) is 11.5 Å². The molecule has 106 valence electrons. The van der Waals surface area contributed by atoms with Gasteiger partial charge in [-0.3, -0.25) is 0 Å². The summed E-state index contributed by atoms with van der Waals surface area (Å²) in [6.45, 7) is 0.743. The Morgan fingerprint density at radius 3 is 2.80 bits per heavy atom. The highest BCUT2D eigenvalue weighted by molar-refractivity contribution is 5.67. The zero-order valence-corrected chi connectivity index (χ0v) is 11.7. The van der Waals surface area contributed by atoms with Crippen molar-refractivity contribution < 1.29 is 14.0 Å². The predicted molar refractivity (Wildman–Crippen MR) is 74.9 cm³/mol. The van der Waals surface area contributed by atoms with E-state index in [2.05, 4.69) is 10.5 Å². The summed E-state index contributed by atoms with van der Waals surface area (Å²) in [4.78, 5) is 0. The quantitative estimate of drug-likeness (QED) is 0.877. The average Bonchev–Trinajstić information content (AvgIpc) is 3.21. The van der Waals surface area contributed by atoms with Crippen LogP contribution >= 0.6 is 0 Å². The van der Waals surface area contributed by atoms with Gasteiger partial charge < -0.3 is 19.3 Å². The highest BCUT2D eigenvalue weighted by Crippen LogP contribution is 2.33. The Balaban J connectivity index is 1.80. The first-order valence-electron chi connectivity index (χ1n) is 6.71. The first kappa shape index (κ1) is 13.0. The van der Waals surface area contributed by atoms with Crippen LogP contribution in [-0.2, 0) is 6.54 Å². The summed E-state index contributed by atoms with van der Waals surface area (Å²) in [6, 6.07) is 8.23. The van der Waals surface area contributed by atoms with Crippen molar-refractivity contribution in [3.8, 4) is 22.8 Å². The molecule has 0 amide bonds. The first-order valence-corrected chi connectivity index (χ1v) is 6.71. The molecule has 2 aromatic rings. The third-order valence-corrected chi connectivity index (χ3v) is 3.38. The molecule has 5 nitrogen and oxygen atoms in total. The van der Waals surface area contributed by atoms with Crippen molar-refractivity contribution in [2.75, 3.05) is 14.2 Å². The van der Waals surface area contributed by atoms with E-state index in [1.807, 2.05) is 24.3 Å². The van der Waals surface area contributed by atoms with Gasteiger partial charge >= 0.3 is 0 Å². The van der Waals surface area contributed by atoms with Gasteiger partial charge in [-0.2, -0.15) is 0 Å². The summed E-state index contributed by atoms with van der Waals surface area (Å²) in [5, 5.41) is 7.50. The number of nitrogens with zero attached hydrogens (tertiary/aromatic N) is 1. The molecule has 1 aliphatic rings. The van der Waals surface area contributed by atoms with E-state index in [4.69, 9.17) is 14.0 Å². The van der Waals surface area contributed by atoms with Gasteiger partial charge in [0.05, 0.1) is 25.5 Å². The maximum absolute atomic E-state index is 5.41. The second-order valence-corrected chi connectivity index (χ2v) is 4.90. The fourth-order valence-electron chi connectivity index (χ4n) is 2.06. The van der Waals surface area contributed by atoms with E-state index in [-0.39, 0.29) is 0 Å². The minimum absolute atomic E-state index is 0.658. The van der Waals surface area contributed by atoms with Gasteiger partial charge in [0, 0.05) is 24.7 Å². The number of hydrogen-bond donors (Lipinski definition) is 1. The van der Waals surface area contributed by atoms with Gasteiger partial charge in [-0.15, -0.1) is 0 Å². The summed E-state index contributed by atoms with van der Waals surface area (Å²) in [6.07, 6.45) is 2.52. The molecule has 3 rings (SSSR count). The van der Waals surface area contributed by atoms with E-state index >= 15 is 0 Å². The SMILES string of the molecule is COc1ccc(-c2cc(CNC3CC3)no2)c(OC)c1. The Kier molecular flexibility index (Phi) is 3.60. The molecule has 1 saturated carbocycles. The van der Waals surface area contributed by atoms with E-state index < -0.39 is 0 Å². The van der Waals surface area contributed by atoms with Gasteiger partial charge in [-0.05, 0) is 25.0 Å². The summed E-state index contributed by atoms with van der Waals surface area (Å²) >= 11 is 0. The summed E-state index contributed by atoms with van der Waals surface area (Å²) in [7, 11) is 3.26. The molecule has 0 bridgehead atoms. The zero-order valence-electron chi connectivity index (χ0n) is 11.7. The van der Waals surface area contributed by atoms with Crippen LogP contribution in [0, 0.1) is 0 Å². The molecular formula is C15H18N2O3. The van der Waals surface area contributed by atoms with Crippen molar-refractivity contribution in [1.29, 1.82) is 0 Å². The molecule has 1 aromatic heterocycles. The molecule has 5 heteroatoms. The smallest absolute Gasteiger partial charge is 0.170 e. The zero-order chi connectivity index (χ0) is 13.9. The number of benzene rings is 1. The number of methoxy groups -OCH3 is 2. The number of rotatable bonds is 6. The fraction of sp³-hybridized carbons (Fsp3) is 0.400. The van der Waals surface area contributed by atoms with Crippen molar-refractivity contribution in [1.82, 2.24) is 10.5 Å². The van der Waals surface area contributed by atoms with Gasteiger partial charge in [0.25, 0.3) is 0 Å². The molecule has 1 aliphatic carbocycles. The lowest BCUT2D eigenvalue weighted by atomic mass is 10.1. The molecule has 0 radical (unpaired) electrons. The molecular weight excluding hydrogens is 256 g/mol.